The van der Waals surface area contributed by atoms with Gasteiger partial charge in [0.2, 0.25) is 0 Å². The van der Waals surface area contributed by atoms with E-state index in [2.05, 4.69) is 15.4 Å². The van der Waals surface area contributed by atoms with Crippen LogP contribution in [0.3, 0.4) is 0 Å². The lowest BCUT2D eigenvalue weighted by Crippen LogP contribution is -2.41. The third kappa shape index (κ3) is 5.24. The molecule has 0 radical (unpaired) electrons. The highest BCUT2D eigenvalue weighted by Crippen LogP contribution is 2.30. The van der Waals surface area contributed by atoms with Crippen LogP contribution >= 0.6 is 0 Å². The standard InChI is InChI=1S/C26H26N4O5/c1-4-21-24(17-11-12-22(33-2)23(14-17)34-3)29-30(26(32)35-21)16-19-8-5-6-10-20(19)28-25(31)18-9-7-13-27-15-18/h5-15,21H,4,16H2,1-3H3,(H,28,31). The fraction of sp³-hybridized carbons (Fsp3) is 0.231. The van der Waals surface area contributed by atoms with E-state index in [-0.39, 0.29) is 12.5 Å². The zero-order chi connectivity index (χ0) is 24.8. The first-order valence-electron chi connectivity index (χ1n) is 11.1. The zero-order valence-electron chi connectivity index (χ0n) is 19.7. The van der Waals surface area contributed by atoms with Crippen molar-refractivity contribution >= 4 is 23.4 Å². The summed E-state index contributed by atoms with van der Waals surface area (Å²) in [5, 5.41) is 8.79. The molecule has 0 saturated heterocycles. The molecule has 0 saturated carbocycles. The Morgan fingerprint density at radius 1 is 1.09 bits per heavy atom. The van der Waals surface area contributed by atoms with Gasteiger partial charge in [0.15, 0.2) is 11.5 Å². The van der Waals surface area contributed by atoms with Crippen LogP contribution < -0.4 is 14.8 Å². The molecule has 0 fully saturated rings. The number of anilines is 1. The number of benzene rings is 2. The quantitative estimate of drug-likeness (QED) is 0.516. The van der Waals surface area contributed by atoms with E-state index in [1.165, 1.54) is 11.2 Å². The van der Waals surface area contributed by atoms with Crippen molar-refractivity contribution in [3.8, 4) is 11.5 Å². The SMILES string of the molecule is CCC1OC(=O)N(Cc2ccccc2NC(=O)c2cccnc2)N=C1c1ccc(OC)c(OC)c1. The van der Waals surface area contributed by atoms with Crippen LogP contribution in [0.1, 0.15) is 34.8 Å². The number of methoxy groups -OCH3 is 2. The van der Waals surface area contributed by atoms with Gasteiger partial charge in [-0.25, -0.2) is 4.79 Å². The number of para-hydroxylation sites is 1. The van der Waals surface area contributed by atoms with Crippen LogP contribution in [0.5, 0.6) is 11.5 Å². The van der Waals surface area contributed by atoms with Crippen molar-refractivity contribution in [2.75, 3.05) is 19.5 Å². The molecule has 1 N–H and O–H groups in total. The molecule has 1 aliphatic heterocycles. The Kier molecular flexibility index (Phi) is 7.25. The summed E-state index contributed by atoms with van der Waals surface area (Å²) in [6.45, 7) is 2.03. The molecule has 3 aromatic rings. The van der Waals surface area contributed by atoms with Crippen LogP contribution in [0.25, 0.3) is 0 Å². The summed E-state index contributed by atoms with van der Waals surface area (Å²) in [5.41, 5.74) is 3.05. The predicted molar refractivity (Wildman–Crippen MR) is 131 cm³/mol. The number of hydrogen-bond donors (Lipinski definition) is 1. The van der Waals surface area contributed by atoms with Crippen LogP contribution in [0.4, 0.5) is 10.5 Å². The van der Waals surface area contributed by atoms with E-state index in [1.54, 1.807) is 50.7 Å². The van der Waals surface area contributed by atoms with Gasteiger partial charge in [0.1, 0.15) is 11.8 Å². The molecule has 9 heteroatoms. The van der Waals surface area contributed by atoms with Gasteiger partial charge in [-0.2, -0.15) is 10.1 Å². The maximum Gasteiger partial charge on any atom is 0.431 e. The fourth-order valence-electron chi connectivity index (χ4n) is 3.72. The highest BCUT2D eigenvalue weighted by Gasteiger charge is 2.31. The second-order valence-electron chi connectivity index (χ2n) is 7.75. The van der Waals surface area contributed by atoms with Gasteiger partial charge in [-0.3, -0.25) is 9.78 Å². The lowest BCUT2D eigenvalue weighted by atomic mass is 10.0. The molecule has 1 aromatic heterocycles. The second kappa shape index (κ2) is 10.7. The fourth-order valence-corrected chi connectivity index (χ4v) is 3.72. The highest BCUT2D eigenvalue weighted by molar-refractivity contribution is 6.06. The van der Waals surface area contributed by atoms with Crippen molar-refractivity contribution in [3.63, 3.8) is 0 Å². The van der Waals surface area contributed by atoms with E-state index in [4.69, 9.17) is 14.2 Å². The van der Waals surface area contributed by atoms with Gasteiger partial charge in [0, 0.05) is 23.6 Å². The minimum Gasteiger partial charge on any atom is -0.493 e. The van der Waals surface area contributed by atoms with Crippen LogP contribution in [0, 0.1) is 0 Å². The van der Waals surface area contributed by atoms with Crippen molar-refractivity contribution in [1.82, 2.24) is 9.99 Å². The Bertz CT molecular complexity index is 1250. The summed E-state index contributed by atoms with van der Waals surface area (Å²) in [7, 11) is 3.13. The third-order valence-corrected chi connectivity index (χ3v) is 5.55. The van der Waals surface area contributed by atoms with E-state index < -0.39 is 12.2 Å². The third-order valence-electron chi connectivity index (χ3n) is 5.55. The molecule has 2 heterocycles. The molecule has 2 amide bonds. The first kappa shape index (κ1) is 23.7. The van der Waals surface area contributed by atoms with Gasteiger partial charge >= 0.3 is 6.09 Å². The number of ether oxygens (including phenoxy) is 3. The van der Waals surface area contributed by atoms with Gasteiger partial charge in [-0.05, 0) is 48.4 Å². The Labute approximate surface area is 203 Å². The predicted octanol–water partition coefficient (Wildman–Crippen LogP) is 4.49. The molecule has 1 unspecified atom stereocenters. The molecular formula is C26H26N4O5. The molecule has 0 bridgehead atoms. The number of carbonyl (C=O) groups is 2. The highest BCUT2D eigenvalue weighted by atomic mass is 16.6. The Hall–Kier alpha value is -4.40. The maximum atomic E-state index is 12.8. The number of carbonyl (C=O) groups excluding carboxylic acids is 2. The van der Waals surface area contributed by atoms with Crippen molar-refractivity contribution in [2.45, 2.75) is 26.0 Å². The number of nitrogens with zero attached hydrogens (tertiary/aromatic N) is 3. The molecule has 1 atom stereocenters. The number of amides is 2. The van der Waals surface area contributed by atoms with Crippen molar-refractivity contribution < 1.29 is 23.8 Å². The van der Waals surface area contributed by atoms with Gasteiger partial charge in [-0.1, -0.05) is 25.1 Å². The molecule has 35 heavy (non-hydrogen) atoms. The Morgan fingerprint density at radius 3 is 2.60 bits per heavy atom. The first-order valence-corrected chi connectivity index (χ1v) is 11.1. The monoisotopic (exact) mass is 474 g/mol. The summed E-state index contributed by atoms with van der Waals surface area (Å²) in [6.07, 6.45) is 2.59. The van der Waals surface area contributed by atoms with E-state index >= 15 is 0 Å². The summed E-state index contributed by atoms with van der Waals surface area (Å²) < 4.78 is 16.4. The molecule has 9 nitrogen and oxygen atoms in total. The van der Waals surface area contributed by atoms with Gasteiger partial charge in [-0.15, -0.1) is 0 Å². The first-order chi connectivity index (χ1) is 17.0. The summed E-state index contributed by atoms with van der Waals surface area (Å²) >= 11 is 0. The van der Waals surface area contributed by atoms with E-state index in [9.17, 15) is 9.59 Å². The number of pyridine rings is 1. The molecule has 180 valence electrons. The minimum atomic E-state index is -0.561. The average molecular weight is 475 g/mol. The van der Waals surface area contributed by atoms with Gasteiger partial charge in [0.05, 0.1) is 26.3 Å². The smallest absolute Gasteiger partial charge is 0.431 e. The largest absolute Gasteiger partial charge is 0.493 e. The number of hydrazone groups is 1. The molecule has 1 aliphatic rings. The average Bonchev–Trinajstić information content (AvgIpc) is 2.90. The summed E-state index contributed by atoms with van der Waals surface area (Å²) in [6, 6.07) is 16.0. The lowest BCUT2D eigenvalue weighted by molar-refractivity contribution is 0.0713. The number of rotatable bonds is 8. The lowest BCUT2D eigenvalue weighted by Gasteiger charge is -2.30. The summed E-state index contributed by atoms with van der Waals surface area (Å²) in [5.74, 6) is 0.842. The van der Waals surface area contributed by atoms with Crippen molar-refractivity contribution in [2.24, 2.45) is 5.10 Å². The minimum absolute atomic E-state index is 0.107. The summed E-state index contributed by atoms with van der Waals surface area (Å²) in [4.78, 5) is 29.4. The molecule has 0 aliphatic carbocycles. The number of aromatic nitrogens is 1. The Balaban J connectivity index is 1.63. The number of hydrogen-bond acceptors (Lipinski definition) is 7. The maximum absolute atomic E-state index is 12.8. The Morgan fingerprint density at radius 2 is 1.89 bits per heavy atom. The van der Waals surface area contributed by atoms with E-state index in [0.717, 1.165) is 5.56 Å². The number of nitrogens with one attached hydrogen (secondary N) is 1. The molecular weight excluding hydrogens is 448 g/mol. The molecule has 0 spiro atoms. The van der Waals surface area contributed by atoms with Crippen LogP contribution in [0.2, 0.25) is 0 Å². The second-order valence-corrected chi connectivity index (χ2v) is 7.75. The van der Waals surface area contributed by atoms with Crippen molar-refractivity contribution in [1.29, 1.82) is 0 Å². The van der Waals surface area contributed by atoms with Crippen molar-refractivity contribution in [3.05, 3.63) is 83.7 Å². The van der Waals surface area contributed by atoms with Crippen LogP contribution in [-0.4, -0.2) is 48.0 Å². The van der Waals surface area contributed by atoms with Gasteiger partial charge < -0.3 is 19.5 Å². The number of cyclic esters (lactones) is 1. The normalized spacial score (nSPS) is 15.2. The van der Waals surface area contributed by atoms with Gasteiger partial charge in [0.25, 0.3) is 5.91 Å². The topological polar surface area (TPSA) is 102 Å². The van der Waals surface area contributed by atoms with E-state index in [0.29, 0.717) is 40.4 Å². The van der Waals surface area contributed by atoms with Crippen LogP contribution in [-0.2, 0) is 11.3 Å². The molecule has 2 aromatic carbocycles. The zero-order valence-corrected chi connectivity index (χ0v) is 19.7. The van der Waals surface area contributed by atoms with Crippen LogP contribution in [0.15, 0.2) is 72.1 Å². The molecule has 4 rings (SSSR count). The van der Waals surface area contributed by atoms with E-state index in [1.807, 2.05) is 31.2 Å².